The molecule has 1 fully saturated rings. The first kappa shape index (κ1) is 8.05. The third kappa shape index (κ3) is 2.22. The second kappa shape index (κ2) is 3.96. The van der Waals surface area contributed by atoms with Crippen LogP contribution >= 0.6 is 0 Å². The van der Waals surface area contributed by atoms with E-state index in [1.54, 1.807) is 0 Å². The summed E-state index contributed by atoms with van der Waals surface area (Å²) in [6.45, 7) is 2.51. The third-order valence-electron chi connectivity index (χ3n) is 1.62. The van der Waals surface area contributed by atoms with Gasteiger partial charge in [-0.3, -0.25) is 4.79 Å². The van der Waals surface area contributed by atoms with Crippen LogP contribution in [0.2, 0.25) is 0 Å². The van der Waals surface area contributed by atoms with Gasteiger partial charge in [0.05, 0.1) is 12.5 Å². The molecule has 0 amide bonds. The quantitative estimate of drug-likeness (QED) is 0.444. The van der Waals surface area contributed by atoms with Gasteiger partial charge in [0, 0.05) is 0 Å². The summed E-state index contributed by atoms with van der Waals surface area (Å²) < 4.78 is 4.78. The molecule has 0 aliphatic carbocycles. The minimum Gasteiger partial charge on any atom is -0.465 e. The van der Waals surface area contributed by atoms with Gasteiger partial charge in [0.1, 0.15) is 0 Å². The van der Waals surface area contributed by atoms with Crippen LogP contribution in [-0.2, 0) is 9.53 Å². The van der Waals surface area contributed by atoms with Crippen molar-refractivity contribution in [1.29, 1.82) is 0 Å². The van der Waals surface area contributed by atoms with Gasteiger partial charge in [-0.15, -0.1) is 0 Å². The molecule has 1 unspecified atom stereocenters. The van der Waals surface area contributed by atoms with E-state index >= 15 is 0 Å². The minimum atomic E-state index is -0.0919. The molecule has 1 heterocycles. The van der Waals surface area contributed by atoms with Gasteiger partial charge in [0.2, 0.25) is 0 Å². The van der Waals surface area contributed by atoms with E-state index in [0.717, 1.165) is 6.42 Å². The van der Waals surface area contributed by atoms with Crippen LogP contribution in [-0.4, -0.2) is 12.6 Å². The van der Waals surface area contributed by atoms with Crippen LogP contribution in [0.4, 0.5) is 0 Å². The third-order valence-corrected chi connectivity index (χ3v) is 1.62. The number of carbonyl (C=O) groups is 1. The van der Waals surface area contributed by atoms with Crippen molar-refractivity contribution in [2.24, 2.45) is 5.92 Å². The lowest BCUT2D eigenvalue weighted by Gasteiger charge is -1.93. The zero-order valence-electron chi connectivity index (χ0n) is 6.62. The SMILES string of the molecule is C/C=C/C=C/C1CCOC1=O. The number of carbonyl (C=O) groups excluding carboxylic acids is 1. The van der Waals surface area contributed by atoms with Gasteiger partial charge in [-0.25, -0.2) is 0 Å². The number of esters is 1. The van der Waals surface area contributed by atoms with Gasteiger partial charge in [-0.2, -0.15) is 0 Å². The molecule has 1 atom stereocenters. The van der Waals surface area contributed by atoms with Crippen LogP contribution in [0.1, 0.15) is 13.3 Å². The molecule has 2 heteroatoms. The first-order valence-corrected chi connectivity index (χ1v) is 3.80. The predicted octanol–water partition coefficient (Wildman–Crippen LogP) is 1.68. The van der Waals surface area contributed by atoms with E-state index in [2.05, 4.69) is 0 Å². The summed E-state index contributed by atoms with van der Waals surface area (Å²) in [7, 11) is 0. The standard InChI is InChI=1S/C9H12O2/c1-2-3-4-5-8-6-7-11-9(8)10/h2-5,8H,6-7H2,1H3/b3-2+,5-4+. The van der Waals surface area contributed by atoms with Gasteiger partial charge in [0.15, 0.2) is 0 Å². The Hall–Kier alpha value is -1.05. The topological polar surface area (TPSA) is 26.3 Å². The fourth-order valence-electron chi connectivity index (χ4n) is 0.996. The van der Waals surface area contributed by atoms with E-state index in [9.17, 15) is 4.79 Å². The molecule has 1 aliphatic rings. The molecular formula is C9H12O2. The lowest BCUT2D eigenvalue weighted by molar-refractivity contribution is -0.140. The Bertz CT molecular complexity index is 192. The summed E-state index contributed by atoms with van der Waals surface area (Å²) in [5.74, 6) is -0.100. The van der Waals surface area contributed by atoms with Crippen LogP contribution in [0.5, 0.6) is 0 Å². The molecule has 1 aliphatic heterocycles. The summed E-state index contributed by atoms with van der Waals surface area (Å²) in [5.41, 5.74) is 0. The molecule has 0 saturated carbocycles. The zero-order valence-corrected chi connectivity index (χ0v) is 6.62. The predicted molar refractivity (Wildman–Crippen MR) is 43.0 cm³/mol. The average molecular weight is 152 g/mol. The Balaban J connectivity index is 2.42. The second-order valence-corrected chi connectivity index (χ2v) is 2.47. The van der Waals surface area contributed by atoms with E-state index < -0.39 is 0 Å². The molecule has 0 aromatic heterocycles. The van der Waals surface area contributed by atoms with Crippen molar-refractivity contribution in [3.63, 3.8) is 0 Å². The Kier molecular flexibility index (Phi) is 2.90. The first-order chi connectivity index (χ1) is 5.34. The maximum absolute atomic E-state index is 10.9. The summed E-state index contributed by atoms with van der Waals surface area (Å²) >= 11 is 0. The molecule has 0 radical (unpaired) electrons. The average Bonchev–Trinajstić information content (AvgIpc) is 2.37. The summed E-state index contributed by atoms with van der Waals surface area (Å²) in [6.07, 6.45) is 8.43. The van der Waals surface area contributed by atoms with Gasteiger partial charge in [-0.1, -0.05) is 24.3 Å². The van der Waals surface area contributed by atoms with Crippen LogP contribution < -0.4 is 0 Å². The summed E-state index contributed by atoms with van der Waals surface area (Å²) in [4.78, 5) is 10.9. The highest BCUT2D eigenvalue weighted by atomic mass is 16.5. The Morgan fingerprint density at radius 3 is 2.91 bits per heavy atom. The van der Waals surface area contributed by atoms with Crippen molar-refractivity contribution in [3.05, 3.63) is 24.3 Å². The van der Waals surface area contributed by atoms with Crippen molar-refractivity contribution in [2.45, 2.75) is 13.3 Å². The number of hydrogen-bond donors (Lipinski definition) is 0. The highest BCUT2D eigenvalue weighted by Gasteiger charge is 2.22. The van der Waals surface area contributed by atoms with Crippen molar-refractivity contribution < 1.29 is 9.53 Å². The van der Waals surface area contributed by atoms with Crippen LogP contribution in [0.25, 0.3) is 0 Å². The smallest absolute Gasteiger partial charge is 0.312 e. The monoisotopic (exact) mass is 152 g/mol. The van der Waals surface area contributed by atoms with Crippen molar-refractivity contribution >= 4 is 5.97 Å². The lowest BCUT2D eigenvalue weighted by Crippen LogP contribution is -2.03. The Morgan fingerprint density at radius 1 is 1.55 bits per heavy atom. The van der Waals surface area contributed by atoms with E-state index in [0.29, 0.717) is 6.61 Å². The molecular weight excluding hydrogens is 140 g/mol. The maximum Gasteiger partial charge on any atom is 0.312 e. The molecule has 0 bridgehead atoms. The van der Waals surface area contributed by atoms with Gasteiger partial charge < -0.3 is 4.74 Å². The second-order valence-electron chi connectivity index (χ2n) is 2.47. The number of hydrogen-bond acceptors (Lipinski definition) is 2. The first-order valence-electron chi connectivity index (χ1n) is 3.80. The van der Waals surface area contributed by atoms with Crippen molar-refractivity contribution in [2.75, 3.05) is 6.61 Å². The molecule has 0 aromatic rings. The number of rotatable bonds is 2. The van der Waals surface area contributed by atoms with Gasteiger partial charge in [-0.05, 0) is 13.3 Å². The highest BCUT2D eigenvalue weighted by Crippen LogP contribution is 2.15. The van der Waals surface area contributed by atoms with Gasteiger partial charge in [0.25, 0.3) is 0 Å². The molecule has 0 N–H and O–H groups in total. The van der Waals surface area contributed by atoms with Crippen LogP contribution in [0, 0.1) is 5.92 Å². The van der Waals surface area contributed by atoms with E-state index in [4.69, 9.17) is 4.74 Å². The molecule has 0 spiro atoms. The molecule has 11 heavy (non-hydrogen) atoms. The molecule has 1 rings (SSSR count). The van der Waals surface area contributed by atoms with Crippen molar-refractivity contribution in [1.82, 2.24) is 0 Å². The largest absolute Gasteiger partial charge is 0.465 e. The van der Waals surface area contributed by atoms with Crippen LogP contribution in [0.3, 0.4) is 0 Å². The van der Waals surface area contributed by atoms with E-state index in [-0.39, 0.29) is 11.9 Å². The number of ether oxygens (including phenoxy) is 1. The Morgan fingerprint density at radius 2 is 2.36 bits per heavy atom. The maximum atomic E-state index is 10.9. The Labute approximate surface area is 66.5 Å². The molecule has 0 aromatic carbocycles. The number of allylic oxidation sites excluding steroid dienone is 3. The van der Waals surface area contributed by atoms with Gasteiger partial charge >= 0.3 is 5.97 Å². The zero-order chi connectivity index (χ0) is 8.10. The van der Waals surface area contributed by atoms with E-state index in [1.165, 1.54) is 0 Å². The highest BCUT2D eigenvalue weighted by molar-refractivity contribution is 5.76. The minimum absolute atomic E-state index is 0.00815. The summed E-state index contributed by atoms with van der Waals surface area (Å²) in [5, 5.41) is 0. The van der Waals surface area contributed by atoms with Crippen molar-refractivity contribution in [3.8, 4) is 0 Å². The molecule has 60 valence electrons. The molecule has 1 saturated heterocycles. The lowest BCUT2D eigenvalue weighted by atomic mass is 10.1. The fraction of sp³-hybridized carbons (Fsp3) is 0.444. The number of cyclic esters (lactones) is 1. The fourth-order valence-corrected chi connectivity index (χ4v) is 0.996. The summed E-state index contributed by atoms with van der Waals surface area (Å²) in [6, 6.07) is 0. The van der Waals surface area contributed by atoms with E-state index in [1.807, 2.05) is 31.2 Å². The normalized spacial score (nSPS) is 25.2. The van der Waals surface area contributed by atoms with Crippen LogP contribution in [0.15, 0.2) is 24.3 Å². The molecule has 2 nitrogen and oxygen atoms in total.